The lowest BCUT2D eigenvalue weighted by atomic mass is 9.95. The first kappa shape index (κ1) is 21.5. The van der Waals surface area contributed by atoms with E-state index in [0.29, 0.717) is 36.8 Å². The first-order valence-corrected chi connectivity index (χ1v) is 12.9. The fraction of sp³-hybridized carbons (Fsp3) is 0.571. The van der Waals surface area contributed by atoms with Gasteiger partial charge in [-0.15, -0.1) is 0 Å². The van der Waals surface area contributed by atoms with E-state index >= 15 is 0 Å². The lowest BCUT2D eigenvalue weighted by molar-refractivity contribution is 0.111. The summed E-state index contributed by atoms with van der Waals surface area (Å²) in [5, 5.41) is 9.37. The van der Waals surface area contributed by atoms with Crippen LogP contribution in [0.2, 0.25) is 0 Å². The Morgan fingerprint density at radius 2 is 1.97 bits per heavy atom. The average molecular weight is 463 g/mol. The van der Waals surface area contributed by atoms with E-state index in [9.17, 15) is 12.8 Å². The van der Waals surface area contributed by atoms with Crippen molar-refractivity contribution in [1.82, 2.24) is 29.1 Å². The Morgan fingerprint density at radius 3 is 2.66 bits per heavy atom. The maximum absolute atomic E-state index is 14.5. The van der Waals surface area contributed by atoms with Crippen molar-refractivity contribution in [1.29, 1.82) is 0 Å². The minimum Gasteiger partial charge on any atom is -0.337 e. The number of likely N-dealkylation sites (tertiary alicyclic amines) is 1. The molecular formula is C21H27FN6O3S. The number of aryl methyl sites for hydroxylation is 1. The standard InChI is InChI=1S/C21H27FN6O3S/c1-3-18-16-5-4-6-17(22)19(16)28(24-18)21-23-20(31-25-21)15-7-9-26(10-8-15)11-14-12-27(13-14)32(2,29)30/h4-6,14-15H,3,7-13H2,1-2H3. The minimum absolute atomic E-state index is 0.152. The zero-order valence-electron chi connectivity index (χ0n) is 18.2. The van der Waals surface area contributed by atoms with Crippen LogP contribution in [0.25, 0.3) is 16.9 Å². The number of halogens is 1. The van der Waals surface area contributed by atoms with Gasteiger partial charge < -0.3 is 9.42 Å². The zero-order chi connectivity index (χ0) is 22.5. The Hall–Kier alpha value is -2.37. The van der Waals surface area contributed by atoms with Crippen molar-refractivity contribution in [2.45, 2.75) is 32.1 Å². The van der Waals surface area contributed by atoms with E-state index in [-0.39, 0.29) is 17.7 Å². The number of hydrogen-bond acceptors (Lipinski definition) is 7. The number of para-hydroxylation sites is 1. The fourth-order valence-corrected chi connectivity index (χ4v) is 5.67. The fourth-order valence-electron chi connectivity index (χ4n) is 4.71. The van der Waals surface area contributed by atoms with Crippen molar-refractivity contribution in [3.8, 4) is 5.95 Å². The number of sulfonamides is 1. The van der Waals surface area contributed by atoms with E-state index in [1.807, 2.05) is 13.0 Å². The van der Waals surface area contributed by atoms with Crippen LogP contribution in [0.4, 0.5) is 4.39 Å². The minimum atomic E-state index is -3.07. The van der Waals surface area contributed by atoms with Crippen molar-refractivity contribution < 1.29 is 17.3 Å². The Morgan fingerprint density at radius 1 is 1.22 bits per heavy atom. The Kier molecular flexibility index (Phi) is 5.50. The predicted octanol–water partition coefficient (Wildman–Crippen LogP) is 2.18. The molecule has 0 radical (unpaired) electrons. The van der Waals surface area contributed by atoms with Gasteiger partial charge in [-0.05, 0) is 49.5 Å². The number of fused-ring (bicyclic) bond motifs is 1. The van der Waals surface area contributed by atoms with Crippen LogP contribution in [-0.4, -0.2) is 76.5 Å². The van der Waals surface area contributed by atoms with Crippen molar-refractivity contribution in [3.63, 3.8) is 0 Å². The van der Waals surface area contributed by atoms with E-state index in [1.54, 1.807) is 6.07 Å². The molecule has 5 rings (SSSR count). The molecule has 0 bridgehead atoms. The topological polar surface area (TPSA) is 97.4 Å². The highest BCUT2D eigenvalue weighted by molar-refractivity contribution is 7.88. The number of aromatic nitrogens is 4. The molecule has 32 heavy (non-hydrogen) atoms. The number of hydrogen-bond donors (Lipinski definition) is 0. The van der Waals surface area contributed by atoms with Gasteiger partial charge in [-0.3, -0.25) is 0 Å². The molecule has 0 amide bonds. The van der Waals surface area contributed by atoms with Gasteiger partial charge in [-0.2, -0.15) is 14.8 Å². The highest BCUT2D eigenvalue weighted by Crippen LogP contribution is 2.30. The van der Waals surface area contributed by atoms with Gasteiger partial charge in [0.2, 0.25) is 15.9 Å². The summed E-state index contributed by atoms with van der Waals surface area (Å²) in [6.07, 6.45) is 3.72. The van der Waals surface area contributed by atoms with Crippen molar-refractivity contribution in [2.24, 2.45) is 5.92 Å². The first-order chi connectivity index (χ1) is 15.3. The highest BCUT2D eigenvalue weighted by Gasteiger charge is 2.35. The molecule has 2 fully saturated rings. The molecular weight excluding hydrogens is 435 g/mol. The van der Waals surface area contributed by atoms with Crippen LogP contribution in [0.15, 0.2) is 22.7 Å². The quantitative estimate of drug-likeness (QED) is 0.554. The summed E-state index contributed by atoms with van der Waals surface area (Å²) in [5.74, 6) is 1.00. The van der Waals surface area contributed by atoms with Gasteiger partial charge >= 0.3 is 0 Å². The normalized spacial score (nSPS) is 19.6. The van der Waals surface area contributed by atoms with E-state index < -0.39 is 10.0 Å². The van der Waals surface area contributed by atoms with Crippen LogP contribution >= 0.6 is 0 Å². The molecule has 4 heterocycles. The molecule has 0 atom stereocenters. The molecule has 9 nitrogen and oxygen atoms in total. The van der Waals surface area contributed by atoms with Gasteiger partial charge in [-0.1, -0.05) is 19.1 Å². The molecule has 2 saturated heterocycles. The Bertz CT molecular complexity index is 1230. The van der Waals surface area contributed by atoms with Gasteiger partial charge in [0, 0.05) is 30.9 Å². The number of benzene rings is 1. The predicted molar refractivity (Wildman–Crippen MR) is 117 cm³/mol. The highest BCUT2D eigenvalue weighted by atomic mass is 32.2. The largest absolute Gasteiger partial charge is 0.337 e. The monoisotopic (exact) mass is 462 g/mol. The molecule has 2 aliphatic rings. The summed E-state index contributed by atoms with van der Waals surface area (Å²) >= 11 is 0. The molecule has 1 aromatic carbocycles. The molecule has 0 unspecified atom stereocenters. The second-order valence-electron chi connectivity index (χ2n) is 8.80. The third-order valence-electron chi connectivity index (χ3n) is 6.53. The van der Waals surface area contributed by atoms with E-state index in [0.717, 1.165) is 43.6 Å². The summed E-state index contributed by atoms with van der Waals surface area (Å²) in [5.41, 5.74) is 1.17. The summed E-state index contributed by atoms with van der Waals surface area (Å²) in [6.45, 7) is 5.91. The molecule has 0 saturated carbocycles. The third kappa shape index (κ3) is 3.93. The number of rotatable bonds is 6. The van der Waals surface area contributed by atoms with Crippen LogP contribution in [0, 0.1) is 11.7 Å². The number of piperidine rings is 1. The molecule has 172 valence electrons. The molecule has 3 aromatic rings. The average Bonchev–Trinajstić information content (AvgIpc) is 3.35. The molecule has 0 spiro atoms. The van der Waals surface area contributed by atoms with Gasteiger partial charge in [0.25, 0.3) is 5.95 Å². The van der Waals surface area contributed by atoms with E-state index in [4.69, 9.17) is 4.52 Å². The molecule has 0 N–H and O–H groups in total. The molecule has 11 heteroatoms. The van der Waals surface area contributed by atoms with E-state index in [1.165, 1.54) is 21.3 Å². The SMILES string of the molecule is CCc1nn(-c2noc(C3CCN(CC4CN(S(C)(=O)=O)C4)CC3)n2)c2c(F)cccc12. The Labute approximate surface area is 186 Å². The van der Waals surface area contributed by atoms with Gasteiger partial charge in [-0.25, -0.2) is 17.1 Å². The van der Waals surface area contributed by atoms with Crippen molar-refractivity contribution in [3.05, 3.63) is 35.6 Å². The lowest BCUT2D eigenvalue weighted by Gasteiger charge is -2.41. The van der Waals surface area contributed by atoms with Crippen LogP contribution in [0.5, 0.6) is 0 Å². The summed E-state index contributed by atoms with van der Waals surface area (Å²) < 4.78 is 46.1. The third-order valence-corrected chi connectivity index (χ3v) is 7.77. The molecule has 2 aromatic heterocycles. The summed E-state index contributed by atoms with van der Waals surface area (Å²) in [7, 11) is -3.07. The maximum Gasteiger partial charge on any atom is 0.291 e. The second kappa shape index (κ2) is 8.20. The zero-order valence-corrected chi connectivity index (χ0v) is 19.1. The van der Waals surface area contributed by atoms with Crippen molar-refractivity contribution in [2.75, 3.05) is 39.0 Å². The second-order valence-corrected chi connectivity index (χ2v) is 10.8. The van der Waals surface area contributed by atoms with Gasteiger partial charge in [0.1, 0.15) is 11.3 Å². The molecule has 0 aliphatic carbocycles. The summed E-state index contributed by atoms with van der Waals surface area (Å²) in [4.78, 5) is 6.93. The van der Waals surface area contributed by atoms with Crippen LogP contribution < -0.4 is 0 Å². The van der Waals surface area contributed by atoms with Crippen LogP contribution in [0.3, 0.4) is 0 Å². The molecule has 2 aliphatic heterocycles. The lowest BCUT2D eigenvalue weighted by Crippen LogP contribution is -2.54. The van der Waals surface area contributed by atoms with Crippen molar-refractivity contribution >= 4 is 20.9 Å². The van der Waals surface area contributed by atoms with E-state index in [2.05, 4.69) is 20.1 Å². The maximum atomic E-state index is 14.5. The van der Waals surface area contributed by atoms with Gasteiger partial charge in [0.15, 0.2) is 0 Å². The van der Waals surface area contributed by atoms with Crippen LogP contribution in [0.1, 0.15) is 37.3 Å². The summed E-state index contributed by atoms with van der Waals surface area (Å²) in [6, 6.07) is 4.95. The number of nitrogens with zero attached hydrogens (tertiary/aromatic N) is 6. The smallest absolute Gasteiger partial charge is 0.291 e. The Balaban J connectivity index is 1.24. The van der Waals surface area contributed by atoms with Crippen LogP contribution in [-0.2, 0) is 16.4 Å². The first-order valence-electron chi connectivity index (χ1n) is 11.0. The van der Waals surface area contributed by atoms with Gasteiger partial charge in [0.05, 0.1) is 11.9 Å².